The number of aliphatic hydroxyl groups is 1. The Bertz CT molecular complexity index is 729. The first-order chi connectivity index (χ1) is 11.4. The maximum atomic E-state index is 12.9. The summed E-state index contributed by atoms with van der Waals surface area (Å²) >= 11 is 0. The van der Waals surface area contributed by atoms with E-state index in [1.807, 2.05) is 43.9 Å². The zero-order valence-electron chi connectivity index (χ0n) is 14.6. The van der Waals surface area contributed by atoms with Crippen LogP contribution in [0.1, 0.15) is 47.9 Å². The average molecular weight is 327 g/mol. The topological polar surface area (TPSA) is 58.4 Å². The van der Waals surface area contributed by atoms with Crippen molar-refractivity contribution >= 4 is 5.91 Å². The lowest BCUT2D eigenvalue weighted by atomic mass is 9.89. The first-order valence-electron chi connectivity index (χ1n) is 8.56. The fourth-order valence-corrected chi connectivity index (χ4v) is 3.51. The summed E-state index contributed by atoms with van der Waals surface area (Å²) in [6.45, 7) is 7.20. The van der Waals surface area contributed by atoms with Crippen LogP contribution < -0.4 is 0 Å². The van der Waals surface area contributed by atoms with Crippen LogP contribution >= 0.6 is 0 Å². The van der Waals surface area contributed by atoms with Crippen molar-refractivity contribution in [3.8, 4) is 5.69 Å². The van der Waals surface area contributed by atoms with Gasteiger partial charge in [-0.3, -0.25) is 9.78 Å². The van der Waals surface area contributed by atoms with Crippen molar-refractivity contribution in [3.05, 3.63) is 47.5 Å². The van der Waals surface area contributed by atoms with Crippen LogP contribution in [-0.4, -0.2) is 44.2 Å². The molecule has 0 spiro atoms. The molecule has 0 unspecified atom stereocenters. The Labute approximate surface area is 142 Å². The second-order valence-corrected chi connectivity index (χ2v) is 6.70. The lowest BCUT2D eigenvalue weighted by Gasteiger charge is -2.37. The van der Waals surface area contributed by atoms with E-state index in [4.69, 9.17) is 0 Å². The van der Waals surface area contributed by atoms with Gasteiger partial charge in [0.2, 0.25) is 0 Å². The van der Waals surface area contributed by atoms with Crippen LogP contribution in [0.5, 0.6) is 0 Å². The molecular weight excluding hydrogens is 302 g/mol. The third-order valence-electron chi connectivity index (χ3n) is 5.21. The number of aromatic nitrogens is 2. The molecule has 0 atom stereocenters. The Hall–Kier alpha value is -2.14. The molecule has 0 saturated carbocycles. The number of carbonyl (C=O) groups excluding carboxylic acids is 1. The van der Waals surface area contributed by atoms with E-state index < -0.39 is 5.60 Å². The van der Waals surface area contributed by atoms with Gasteiger partial charge in [0.1, 0.15) is 0 Å². The van der Waals surface area contributed by atoms with E-state index in [0.29, 0.717) is 25.9 Å². The predicted octanol–water partition coefficient (Wildman–Crippen LogP) is 2.87. The molecule has 2 aromatic heterocycles. The molecule has 0 bridgehead atoms. The zero-order valence-corrected chi connectivity index (χ0v) is 14.6. The number of likely N-dealkylation sites (tertiary alicyclic amines) is 1. The normalized spacial score (nSPS) is 17.1. The lowest BCUT2D eigenvalue weighted by Crippen LogP contribution is -2.46. The molecule has 24 heavy (non-hydrogen) atoms. The summed E-state index contributed by atoms with van der Waals surface area (Å²) < 4.78 is 2.06. The molecule has 0 radical (unpaired) electrons. The van der Waals surface area contributed by atoms with Gasteiger partial charge >= 0.3 is 0 Å². The Morgan fingerprint density at radius 3 is 2.62 bits per heavy atom. The van der Waals surface area contributed by atoms with E-state index in [1.165, 1.54) is 0 Å². The van der Waals surface area contributed by atoms with Gasteiger partial charge in [-0.1, -0.05) is 6.92 Å². The van der Waals surface area contributed by atoms with E-state index in [-0.39, 0.29) is 5.91 Å². The Morgan fingerprint density at radius 1 is 1.33 bits per heavy atom. The highest BCUT2D eigenvalue weighted by Crippen LogP contribution is 2.28. The van der Waals surface area contributed by atoms with Crippen LogP contribution in [0.2, 0.25) is 0 Å². The average Bonchev–Trinajstić information content (AvgIpc) is 2.90. The fraction of sp³-hybridized carbons (Fsp3) is 0.474. The van der Waals surface area contributed by atoms with Gasteiger partial charge in [-0.2, -0.15) is 0 Å². The van der Waals surface area contributed by atoms with Crippen LogP contribution in [0.3, 0.4) is 0 Å². The van der Waals surface area contributed by atoms with Crippen molar-refractivity contribution < 1.29 is 9.90 Å². The molecule has 5 nitrogen and oxygen atoms in total. The number of carbonyl (C=O) groups is 1. The molecule has 3 rings (SSSR count). The number of amides is 1. The highest BCUT2D eigenvalue weighted by atomic mass is 16.3. The molecule has 0 aliphatic carbocycles. The number of piperidine rings is 1. The van der Waals surface area contributed by atoms with E-state index in [2.05, 4.69) is 9.55 Å². The maximum Gasteiger partial charge on any atom is 0.255 e. The third kappa shape index (κ3) is 2.96. The molecule has 1 aliphatic rings. The molecule has 1 N–H and O–H groups in total. The van der Waals surface area contributed by atoms with E-state index in [0.717, 1.165) is 29.1 Å². The largest absolute Gasteiger partial charge is 0.390 e. The molecule has 1 amide bonds. The molecule has 2 aromatic rings. The quantitative estimate of drug-likeness (QED) is 0.943. The second kappa shape index (κ2) is 6.40. The summed E-state index contributed by atoms with van der Waals surface area (Å²) in [5, 5.41) is 10.4. The monoisotopic (exact) mass is 327 g/mol. The smallest absolute Gasteiger partial charge is 0.255 e. The summed E-state index contributed by atoms with van der Waals surface area (Å²) in [6, 6.07) is 5.83. The first-order valence-corrected chi connectivity index (χ1v) is 8.56. The molecule has 0 aromatic carbocycles. The predicted molar refractivity (Wildman–Crippen MR) is 93.4 cm³/mol. The van der Waals surface area contributed by atoms with Gasteiger partial charge in [0, 0.05) is 30.7 Å². The van der Waals surface area contributed by atoms with Crippen LogP contribution in [0, 0.1) is 13.8 Å². The molecular formula is C19H25N3O2. The number of pyridine rings is 1. The number of aryl methyl sites for hydroxylation is 1. The van der Waals surface area contributed by atoms with Gasteiger partial charge in [0.25, 0.3) is 5.91 Å². The minimum Gasteiger partial charge on any atom is -0.390 e. The standard InChI is InChI=1S/C19H25N3O2/c1-4-19(24)7-10-21(11-8-19)18(23)17-12-14(2)22(15(17)3)16-6-5-9-20-13-16/h5-6,9,12-13,24H,4,7-8,10-11H2,1-3H3. The van der Waals surface area contributed by atoms with E-state index in [9.17, 15) is 9.90 Å². The fourth-order valence-electron chi connectivity index (χ4n) is 3.51. The first kappa shape index (κ1) is 16.7. The summed E-state index contributed by atoms with van der Waals surface area (Å²) in [7, 11) is 0. The van der Waals surface area contributed by atoms with Crippen molar-refractivity contribution in [2.24, 2.45) is 0 Å². The molecule has 1 saturated heterocycles. The second-order valence-electron chi connectivity index (χ2n) is 6.70. The minimum atomic E-state index is -0.608. The summed E-state index contributed by atoms with van der Waals surface area (Å²) in [5.41, 5.74) is 3.04. The summed E-state index contributed by atoms with van der Waals surface area (Å²) in [6.07, 6.45) is 5.58. The Balaban J connectivity index is 1.85. The number of hydrogen-bond donors (Lipinski definition) is 1. The van der Waals surface area contributed by atoms with Crippen molar-refractivity contribution in [1.82, 2.24) is 14.5 Å². The van der Waals surface area contributed by atoms with Crippen molar-refractivity contribution in [2.45, 2.75) is 45.6 Å². The summed E-state index contributed by atoms with van der Waals surface area (Å²) in [4.78, 5) is 19.0. The van der Waals surface area contributed by atoms with Crippen molar-refractivity contribution in [3.63, 3.8) is 0 Å². The molecule has 5 heteroatoms. The SMILES string of the molecule is CCC1(O)CCN(C(=O)c2cc(C)n(-c3cccnc3)c2C)CC1. The van der Waals surface area contributed by atoms with Gasteiger partial charge in [0.15, 0.2) is 0 Å². The molecule has 1 aliphatic heterocycles. The van der Waals surface area contributed by atoms with E-state index >= 15 is 0 Å². The van der Waals surface area contributed by atoms with Gasteiger partial charge in [-0.05, 0) is 51.3 Å². The number of hydrogen-bond acceptors (Lipinski definition) is 3. The van der Waals surface area contributed by atoms with Gasteiger partial charge in [-0.15, -0.1) is 0 Å². The van der Waals surface area contributed by atoms with Gasteiger partial charge < -0.3 is 14.6 Å². The Morgan fingerprint density at radius 2 is 2.04 bits per heavy atom. The van der Waals surface area contributed by atoms with Crippen LogP contribution in [-0.2, 0) is 0 Å². The highest BCUT2D eigenvalue weighted by Gasteiger charge is 2.33. The van der Waals surface area contributed by atoms with Crippen LogP contribution in [0.4, 0.5) is 0 Å². The van der Waals surface area contributed by atoms with Crippen LogP contribution in [0.25, 0.3) is 5.69 Å². The lowest BCUT2D eigenvalue weighted by molar-refractivity contribution is -0.0193. The number of rotatable bonds is 3. The van der Waals surface area contributed by atoms with Crippen molar-refractivity contribution in [1.29, 1.82) is 0 Å². The van der Waals surface area contributed by atoms with Crippen molar-refractivity contribution in [2.75, 3.05) is 13.1 Å². The minimum absolute atomic E-state index is 0.0522. The number of nitrogens with zero attached hydrogens (tertiary/aromatic N) is 3. The van der Waals surface area contributed by atoms with Crippen LogP contribution in [0.15, 0.2) is 30.6 Å². The summed E-state index contributed by atoms with van der Waals surface area (Å²) in [5.74, 6) is 0.0522. The molecule has 128 valence electrons. The third-order valence-corrected chi connectivity index (χ3v) is 5.21. The maximum absolute atomic E-state index is 12.9. The van der Waals surface area contributed by atoms with Gasteiger partial charge in [-0.25, -0.2) is 0 Å². The highest BCUT2D eigenvalue weighted by molar-refractivity contribution is 5.96. The van der Waals surface area contributed by atoms with E-state index in [1.54, 1.807) is 12.4 Å². The molecule has 1 fully saturated rings. The zero-order chi connectivity index (χ0) is 17.3. The Kier molecular flexibility index (Phi) is 4.45. The van der Waals surface area contributed by atoms with Gasteiger partial charge in [0.05, 0.1) is 23.0 Å². The molecule has 3 heterocycles.